The fraction of sp³-hybridized carbons (Fsp3) is 0.950. The van der Waals surface area contributed by atoms with Gasteiger partial charge in [-0.05, 0) is 77.0 Å². The van der Waals surface area contributed by atoms with Gasteiger partial charge in [-0.1, -0.05) is 0 Å². The molecule has 32 heavy (non-hydrogen) atoms. The summed E-state index contributed by atoms with van der Waals surface area (Å²) in [6.07, 6.45) is -0.810. The van der Waals surface area contributed by atoms with Crippen LogP contribution < -0.4 is 0 Å². The quantitative estimate of drug-likeness (QED) is 0.227. The maximum Gasteiger partial charge on any atom is 0.430 e. The zero-order chi connectivity index (χ0) is 24.5. The van der Waals surface area contributed by atoms with Crippen molar-refractivity contribution in [2.75, 3.05) is 6.61 Å². The van der Waals surface area contributed by atoms with Crippen LogP contribution in [-0.2, 0) is 24.4 Å². The van der Waals surface area contributed by atoms with Crippen LogP contribution in [0.15, 0.2) is 0 Å². The highest BCUT2D eigenvalue weighted by molar-refractivity contribution is 7.86. The van der Waals surface area contributed by atoms with Gasteiger partial charge in [0.25, 0.3) is 6.29 Å². The Kier molecular flexibility index (Phi) is 6.06. The van der Waals surface area contributed by atoms with Crippen molar-refractivity contribution in [3.8, 4) is 0 Å². The predicted molar refractivity (Wildman–Crippen MR) is 106 cm³/mol. The fourth-order valence-electron chi connectivity index (χ4n) is 6.46. The molecule has 0 saturated heterocycles. The third-order valence-corrected chi connectivity index (χ3v) is 8.91. The highest BCUT2D eigenvalue weighted by Crippen LogP contribution is 2.71. The highest BCUT2D eigenvalue weighted by Gasteiger charge is 2.70. The number of hydrogen-bond donors (Lipinski definition) is 4. The molecular formula is C20H32F2O9S. The molecule has 6 atom stereocenters. The number of halogens is 2. The Morgan fingerprint density at radius 1 is 1.12 bits per heavy atom. The van der Waals surface area contributed by atoms with Crippen LogP contribution in [0.25, 0.3) is 0 Å². The molecular weight excluding hydrogens is 454 g/mol. The molecule has 0 aromatic rings. The molecule has 9 nitrogen and oxygen atoms in total. The average Bonchev–Trinajstić information content (AvgIpc) is 2.57. The lowest BCUT2D eigenvalue weighted by atomic mass is 9.37. The summed E-state index contributed by atoms with van der Waals surface area (Å²) in [6.45, 7) is 5.93. The van der Waals surface area contributed by atoms with Crippen molar-refractivity contribution in [2.24, 2.45) is 22.7 Å². The van der Waals surface area contributed by atoms with Gasteiger partial charge in [0.2, 0.25) is 0 Å². The summed E-state index contributed by atoms with van der Waals surface area (Å²) >= 11 is 0. The summed E-state index contributed by atoms with van der Waals surface area (Å²) < 4.78 is 66.6. The Bertz CT molecular complexity index is 863. The van der Waals surface area contributed by atoms with Gasteiger partial charge in [-0.15, -0.1) is 0 Å². The fourth-order valence-corrected chi connectivity index (χ4v) is 6.76. The van der Waals surface area contributed by atoms with E-state index in [0.717, 1.165) is 12.8 Å². The van der Waals surface area contributed by atoms with E-state index in [0.29, 0.717) is 19.3 Å². The van der Waals surface area contributed by atoms with Gasteiger partial charge in [-0.25, -0.2) is 4.79 Å². The average molecular weight is 487 g/mol. The van der Waals surface area contributed by atoms with E-state index in [1.165, 1.54) is 0 Å². The molecule has 0 aromatic carbocycles. The lowest BCUT2D eigenvalue weighted by Gasteiger charge is -2.70. The van der Waals surface area contributed by atoms with Crippen molar-refractivity contribution < 1.29 is 51.3 Å². The van der Waals surface area contributed by atoms with Crippen LogP contribution >= 0.6 is 0 Å². The van der Waals surface area contributed by atoms with Crippen LogP contribution in [0.4, 0.5) is 8.78 Å². The smallest absolute Gasteiger partial charge is 0.426 e. The minimum absolute atomic E-state index is 0.105. The molecule has 4 fully saturated rings. The number of aliphatic hydroxyl groups excluding tert-OH is 1. The monoisotopic (exact) mass is 486 g/mol. The molecule has 0 spiro atoms. The van der Waals surface area contributed by atoms with E-state index < -0.39 is 62.4 Å². The van der Waals surface area contributed by atoms with E-state index in [-0.39, 0.29) is 11.8 Å². The maximum atomic E-state index is 13.4. The molecule has 0 amide bonds. The molecule has 12 heteroatoms. The normalized spacial score (nSPS) is 36.2. The van der Waals surface area contributed by atoms with E-state index in [4.69, 9.17) is 9.29 Å². The third kappa shape index (κ3) is 3.96. The highest BCUT2D eigenvalue weighted by atomic mass is 32.2. The lowest BCUT2D eigenvalue weighted by molar-refractivity contribution is -0.292. The first-order valence-electron chi connectivity index (χ1n) is 10.5. The van der Waals surface area contributed by atoms with E-state index in [9.17, 15) is 37.3 Å². The molecule has 4 aliphatic rings. The van der Waals surface area contributed by atoms with Crippen molar-refractivity contribution >= 4 is 16.1 Å². The number of esters is 1. The standard InChI is InChI=1S/C20H32F2O9S/c1-16(2,25)18-6-11-5-12(8-18)14(19(7-11,10-18)17(3,4)26)30-9-13(23)31-15(24)20(21,22)32(27,28)29/h11-12,14-15,24-26H,5-10H2,1-4H3,(H,27,28,29). The topological polar surface area (TPSA) is 151 Å². The Morgan fingerprint density at radius 3 is 2.22 bits per heavy atom. The molecule has 0 radical (unpaired) electrons. The number of alkyl halides is 2. The van der Waals surface area contributed by atoms with Crippen LogP contribution in [0.5, 0.6) is 0 Å². The molecule has 4 aliphatic carbocycles. The van der Waals surface area contributed by atoms with Crippen molar-refractivity contribution in [3.63, 3.8) is 0 Å². The van der Waals surface area contributed by atoms with E-state index >= 15 is 0 Å². The van der Waals surface area contributed by atoms with Crippen LogP contribution in [0.2, 0.25) is 0 Å². The molecule has 6 unspecified atom stereocenters. The number of carbonyl (C=O) groups is 1. The number of hydrogen-bond acceptors (Lipinski definition) is 8. The van der Waals surface area contributed by atoms with E-state index in [1.807, 2.05) is 0 Å². The SMILES string of the molecule is CC(C)(O)C12CC3CC(C1)C(OCC(=O)OC(O)C(F)(F)S(=O)(=O)O)C(C(C)(C)O)(C3)C2. The van der Waals surface area contributed by atoms with Crippen LogP contribution in [0.3, 0.4) is 0 Å². The molecule has 4 bridgehead atoms. The molecule has 186 valence electrons. The zero-order valence-electron chi connectivity index (χ0n) is 18.5. The predicted octanol–water partition coefficient (Wildman–Crippen LogP) is 1.45. The summed E-state index contributed by atoms with van der Waals surface area (Å²) in [5, 5.41) is 26.2. The summed E-state index contributed by atoms with van der Waals surface area (Å²) in [6, 6.07) is 0. The summed E-state index contributed by atoms with van der Waals surface area (Å²) in [7, 11) is -6.00. The van der Waals surface area contributed by atoms with Crippen LogP contribution in [0, 0.1) is 22.7 Å². The van der Waals surface area contributed by atoms with Crippen LogP contribution in [-0.4, -0.2) is 69.7 Å². The molecule has 4 saturated carbocycles. The van der Waals surface area contributed by atoms with Gasteiger partial charge in [0.05, 0.1) is 17.3 Å². The van der Waals surface area contributed by atoms with Crippen molar-refractivity contribution in [1.82, 2.24) is 0 Å². The second-order valence-corrected chi connectivity index (χ2v) is 12.3. The number of carbonyl (C=O) groups excluding carboxylic acids is 1. The third-order valence-electron chi connectivity index (χ3n) is 8.02. The Balaban J connectivity index is 1.78. The molecule has 0 heterocycles. The number of rotatable bonds is 8. The molecule has 4 N–H and O–H groups in total. The Morgan fingerprint density at radius 2 is 1.72 bits per heavy atom. The van der Waals surface area contributed by atoms with Gasteiger partial charge in [0, 0.05) is 5.41 Å². The van der Waals surface area contributed by atoms with Gasteiger partial charge < -0.3 is 24.8 Å². The van der Waals surface area contributed by atoms with E-state index in [2.05, 4.69) is 4.74 Å². The summed E-state index contributed by atoms with van der Waals surface area (Å²) in [4.78, 5) is 12.0. The van der Waals surface area contributed by atoms with Crippen molar-refractivity contribution in [1.29, 1.82) is 0 Å². The van der Waals surface area contributed by atoms with Gasteiger partial charge in [0.15, 0.2) is 0 Å². The zero-order valence-corrected chi connectivity index (χ0v) is 19.4. The minimum Gasteiger partial charge on any atom is -0.426 e. The molecule has 0 aliphatic heterocycles. The first-order valence-corrected chi connectivity index (χ1v) is 12.0. The molecule has 4 rings (SSSR count). The van der Waals surface area contributed by atoms with Gasteiger partial charge >= 0.3 is 21.3 Å². The largest absolute Gasteiger partial charge is 0.430 e. The number of aliphatic hydroxyl groups is 3. The first-order chi connectivity index (χ1) is 14.3. The van der Waals surface area contributed by atoms with Gasteiger partial charge in [0.1, 0.15) is 6.61 Å². The minimum atomic E-state index is -6.00. The first kappa shape index (κ1) is 25.7. The van der Waals surface area contributed by atoms with Gasteiger partial charge in [-0.3, -0.25) is 4.55 Å². The molecule has 0 aromatic heterocycles. The maximum absolute atomic E-state index is 13.4. The lowest BCUT2D eigenvalue weighted by Crippen LogP contribution is -2.70. The second-order valence-electron chi connectivity index (χ2n) is 10.8. The van der Waals surface area contributed by atoms with Gasteiger partial charge in [-0.2, -0.15) is 17.2 Å². The van der Waals surface area contributed by atoms with Crippen LogP contribution in [0.1, 0.15) is 59.8 Å². The summed E-state index contributed by atoms with van der Waals surface area (Å²) in [5.41, 5.74) is -3.50. The van der Waals surface area contributed by atoms with Crippen molar-refractivity contribution in [2.45, 2.75) is 88.6 Å². The Labute approximate surface area is 185 Å². The second kappa shape index (κ2) is 7.54. The van der Waals surface area contributed by atoms with Crippen molar-refractivity contribution in [3.05, 3.63) is 0 Å². The Hall–Kier alpha value is -0.920. The van der Waals surface area contributed by atoms with E-state index in [1.54, 1.807) is 27.7 Å². The number of ether oxygens (including phenoxy) is 2. The summed E-state index contributed by atoms with van der Waals surface area (Å²) in [5.74, 6) is -1.30.